The number of nitrogens with zero attached hydrogens (tertiary/aromatic N) is 2. The van der Waals surface area contributed by atoms with Gasteiger partial charge in [0.05, 0.1) is 11.9 Å². The quantitative estimate of drug-likeness (QED) is 0.583. The zero-order valence-corrected chi connectivity index (χ0v) is 19.0. The van der Waals surface area contributed by atoms with Crippen LogP contribution >= 0.6 is 0 Å². The number of hydrogen-bond donors (Lipinski definition) is 3. The number of aliphatic hydroxyl groups excluding tert-OH is 1. The van der Waals surface area contributed by atoms with Gasteiger partial charge in [-0.05, 0) is 49.8 Å². The summed E-state index contributed by atoms with van der Waals surface area (Å²) < 4.78 is 54.8. The molecule has 0 spiro atoms. The maximum absolute atomic E-state index is 13.4. The van der Waals surface area contributed by atoms with Gasteiger partial charge in [0.1, 0.15) is 16.2 Å². The van der Waals surface area contributed by atoms with Crippen LogP contribution in [0.15, 0.2) is 38.8 Å². The van der Waals surface area contributed by atoms with Gasteiger partial charge < -0.3 is 15.3 Å². The van der Waals surface area contributed by atoms with Crippen molar-refractivity contribution in [1.29, 1.82) is 0 Å². The average Bonchev–Trinajstić information content (AvgIpc) is 3.37. The fourth-order valence-electron chi connectivity index (χ4n) is 4.79. The molecule has 1 amide bonds. The molecule has 2 aliphatic heterocycles. The molecule has 10 nitrogen and oxygen atoms in total. The first-order valence-electron chi connectivity index (χ1n) is 10.5. The van der Waals surface area contributed by atoms with E-state index < -0.39 is 26.0 Å². The van der Waals surface area contributed by atoms with Crippen LogP contribution in [0, 0.1) is 11.8 Å². The molecule has 2 saturated carbocycles. The van der Waals surface area contributed by atoms with E-state index in [1.165, 1.54) is 18.2 Å². The third-order valence-electron chi connectivity index (χ3n) is 6.38. The number of rotatable bonds is 5. The topological polar surface area (TPSA) is 145 Å². The highest BCUT2D eigenvalue weighted by Gasteiger charge is 2.47. The van der Waals surface area contributed by atoms with E-state index in [1.54, 1.807) is 4.90 Å². The molecule has 172 valence electrons. The SMILES string of the molecule is CS(=O)(=O)Nc1ccc2c(c1)S(=O)(=O)N=C(C1=C(O)[C@H]3CCC[C@H]3N(CC3CC3)C1=O)N2. The molecule has 12 heteroatoms. The predicted octanol–water partition coefficient (Wildman–Crippen LogP) is 1.80. The highest BCUT2D eigenvalue weighted by atomic mass is 32.2. The van der Waals surface area contributed by atoms with E-state index in [-0.39, 0.29) is 45.4 Å². The molecule has 0 radical (unpaired) electrons. The third-order valence-corrected chi connectivity index (χ3v) is 8.30. The van der Waals surface area contributed by atoms with Crippen molar-refractivity contribution in [2.24, 2.45) is 16.2 Å². The van der Waals surface area contributed by atoms with Crippen molar-refractivity contribution in [3.05, 3.63) is 29.5 Å². The van der Waals surface area contributed by atoms with Crippen molar-refractivity contribution in [1.82, 2.24) is 4.90 Å². The van der Waals surface area contributed by atoms with Gasteiger partial charge in [-0.3, -0.25) is 9.52 Å². The van der Waals surface area contributed by atoms with Gasteiger partial charge in [-0.25, -0.2) is 8.42 Å². The Morgan fingerprint density at radius 1 is 1.25 bits per heavy atom. The number of hydrogen-bond acceptors (Lipinski definition) is 7. The standard InChI is InChI=1S/C20H24N4O6S2/c1-31(27,28)22-12-7-8-14-16(9-12)32(29,30)23-19(21-14)17-18(25)13-3-2-4-15(13)24(20(17)26)10-11-5-6-11/h7-9,11,13,15,22,25H,2-6,10H2,1H3,(H,21,23)/t13-,15+/m0/s1. The molecule has 0 saturated heterocycles. The van der Waals surface area contributed by atoms with E-state index in [9.17, 15) is 26.7 Å². The summed E-state index contributed by atoms with van der Waals surface area (Å²) in [4.78, 5) is 15.0. The van der Waals surface area contributed by atoms with Gasteiger partial charge in [0.15, 0.2) is 5.84 Å². The summed E-state index contributed by atoms with van der Waals surface area (Å²) in [6, 6.07) is 3.92. The first kappa shape index (κ1) is 21.3. The fourth-order valence-corrected chi connectivity index (χ4v) is 6.49. The zero-order chi connectivity index (χ0) is 22.8. The highest BCUT2D eigenvalue weighted by molar-refractivity contribution is 7.92. The van der Waals surface area contributed by atoms with Crippen LogP contribution in [0.25, 0.3) is 0 Å². The largest absolute Gasteiger partial charge is 0.511 e. The summed E-state index contributed by atoms with van der Waals surface area (Å²) in [7, 11) is -7.84. The lowest BCUT2D eigenvalue weighted by molar-refractivity contribution is -0.131. The molecule has 1 aromatic carbocycles. The van der Waals surface area contributed by atoms with E-state index in [1.807, 2.05) is 0 Å². The summed E-state index contributed by atoms with van der Waals surface area (Å²) in [6.45, 7) is 0.605. The van der Waals surface area contributed by atoms with E-state index in [0.717, 1.165) is 38.4 Å². The molecule has 4 aliphatic rings. The van der Waals surface area contributed by atoms with E-state index in [2.05, 4.69) is 14.4 Å². The number of anilines is 2. The molecular weight excluding hydrogens is 456 g/mol. The second kappa shape index (κ2) is 7.20. The van der Waals surface area contributed by atoms with Crippen LogP contribution < -0.4 is 10.0 Å². The summed E-state index contributed by atoms with van der Waals surface area (Å²) in [5.74, 6) is -0.484. The third kappa shape index (κ3) is 3.75. The number of benzene rings is 1. The Balaban J connectivity index is 1.54. The number of nitrogens with one attached hydrogen (secondary N) is 2. The Morgan fingerprint density at radius 2 is 2.00 bits per heavy atom. The number of carbonyl (C=O) groups is 1. The van der Waals surface area contributed by atoms with Crippen LogP contribution in [0.5, 0.6) is 0 Å². The molecule has 2 heterocycles. The number of sulfonamides is 2. The Kier molecular flexibility index (Phi) is 4.79. The van der Waals surface area contributed by atoms with E-state index in [0.29, 0.717) is 12.5 Å². The van der Waals surface area contributed by atoms with Crippen LogP contribution in [-0.2, 0) is 24.8 Å². The van der Waals surface area contributed by atoms with Crippen LogP contribution in [0.2, 0.25) is 0 Å². The van der Waals surface area contributed by atoms with Crippen molar-refractivity contribution < 1.29 is 26.7 Å². The maximum Gasteiger partial charge on any atom is 0.286 e. The van der Waals surface area contributed by atoms with E-state index in [4.69, 9.17) is 0 Å². The van der Waals surface area contributed by atoms with Crippen molar-refractivity contribution in [3.8, 4) is 0 Å². The molecule has 3 N–H and O–H groups in total. The van der Waals surface area contributed by atoms with Gasteiger partial charge in [-0.1, -0.05) is 6.42 Å². The van der Waals surface area contributed by atoms with Gasteiger partial charge in [-0.15, -0.1) is 4.40 Å². The summed E-state index contributed by atoms with van der Waals surface area (Å²) in [5, 5.41) is 13.8. The Hall–Kier alpha value is -2.60. The normalized spacial score (nSPS) is 26.8. The minimum absolute atomic E-state index is 0.0652. The minimum Gasteiger partial charge on any atom is -0.511 e. The molecule has 32 heavy (non-hydrogen) atoms. The van der Waals surface area contributed by atoms with Gasteiger partial charge >= 0.3 is 0 Å². The molecule has 2 fully saturated rings. The summed E-state index contributed by atoms with van der Waals surface area (Å²) >= 11 is 0. The number of amidine groups is 1. The van der Waals surface area contributed by atoms with Crippen LogP contribution in [-0.4, -0.2) is 57.4 Å². The molecule has 5 rings (SSSR count). The first-order chi connectivity index (χ1) is 15.0. The van der Waals surface area contributed by atoms with Gasteiger partial charge in [0, 0.05) is 24.2 Å². The van der Waals surface area contributed by atoms with E-state index >= 15 is 0 Å². The molecule has 0 bridgehead atoms. The average molecular weight is 481 g/mol. The summed E-state index contributed by atoms with van der Waals surface area (Å²) in [6.07, 6.45) is 5.53. The second-order valence-electron chi connectivity index (χ2n) is 8.89. The van der Waals surface area contributed by atoms with Gasteiger partial charge in [0.25, 0.3) is 15.9 Å². The van der Waals surface area contributed by atoms with Crippen LogP contribution in [0.4, 0.5) is 11.4 Å². The fraction of sp³-hybridized carbons (Fsp3) is 0.500. The lowest BCUT2D eigenvalue weighted by atomic mass is 9.90. The highest BCUT2D eigenvalue weighted by Crippen LogP contribution is 2.43. The maximum atomic E-state index is 13.4. The Bertz CT molecular complexity index is 1280. The van der Waals surface area contributed by atoms with Crippen molar-refractivity contribution >= 4 is 43.2 Å². The lowest BCUT2D eigenvalue weighted by Crippen LogP contribution is -2.51. The van der Waals surface area contributed by atoms with Crippen LogP contribution in [0.1, 0.15) is 32.1 Å². The lowest BCUT2D eigenvalue weighted by Gasteiger charge is -2.39. The monoisotopic (exact) mass is 480 g/mol. The molecule has 2 atom stereocenters. The molecule has 0 aromatic heterocycles. The van der Waals surface area contributed by atoms with Crippen molar-refractivity contribution in [2.45, 2.75) is 43.0 Å². The molecule has 1 aromatic rings. The minimum atomic E-state index is -4.24. The predicted molar refractivity (Wildman–Crippen MR) is 118 cm³/mol. The molecule has 0 unspecified atom stereocenters. The first-order valence-corrected chi connectivity index (χ1v) is 13.8. The van der Waals surface area contributed by atoms with Crippen molar-refractivity contribution in [3.63, 3.8) is 0 Å². The Morgan fingerprint density at radius 3 is 2.69 bits per heavy atom. The van der Waals surface area contributed by atoms with Crippen LogP contribution in [0.3, 0.4) is 0 Å². The zero-order valence-electron chi connectivity index (χ0n) is 17.4. The van der Waals surface area contributed by atoms with Gasteiger partial charge in [0.2, 0.25) is 10.0 Å². The Labute approximate surface area is 186 Å². The van der Waals surface area contributed by atoms with Crippen molar-refractivity contribution in [2.75, 3.05) is 22.8 Å². The number of aliphatic hydroxyl groups is 1. The molecule has 2 aliphatic carbocycles. The second-order valence-corrected chi connectivity index (χ2v) is 12.2. The number of fused-ring (bicyclic) bond motifs is 2. The number of amides is 1. The number of carbonyl (C=O) groups excluding carboxylic acids is 1. The summed E-state index contributed by atoms with van der Waals surface area (Å²) in [5.41, 5.74) is 0.140. The smallest absolute Gasteiger partial charge is 0.286 e. The van der Waals surface area contributed by atoms with Gasteiger partial charge in [-0.2, -0.15) is 8.42 Å². The molecular formula is C20H24N4O6S2.